The highest BCUT2D eigenvalue weighted by Crippen LogP contribution is 2.32. The summed E-state index contributed by atoms with van der Waals surface area (Å²) in [4.78, 5) is 19.2. The molecular weight excluding hydrogens is 459 g/mol. The number of nitrogens with zero attached hydrogens (tertiary/aromatic N) is 4. The molecule has 3 aromatic rings. The van der Waals surface area contributed by atoms with Crippen LogP contribution in [-0.2, 0) is 4.74 Å². The Balaban J connectivity index is 1.51. The molecule has 1 fully saturated rings. The number of amides is 1. The van der Waals surface area contributed by atoms with Crippen LogP contribution in [0.1, 0.15) is 33.6 Å². The third-order valence-electron chi connectivity index (χ3n) is 4.85. The van der Waals surface area contributed by atoms with Crippen molar-refractivity contribution in [3.8, 4) is 17.0 Å². The van der Waals surface area contributed by atoms with Crippen LogP contribution in [-0.4, -0.2) is 51.8 Å². The number of hydrogen-bond acceptors (Lipinski definition) is 7. The third kappa shape index (κ3) is 5.86. The molecule has 1 aliphatic rings. The first-order valence-electron chi connectivity index (χ1n) is 10.4. The summed E-state index contributed by atoms with van der Waals surface area (Å²) in [5.74, 6) is -0.308. The van der Waals surface area contributed by atoms with Gasteiger partial charge >= 0.3 is 12.5 Å². The van der Waals surface area contributed by atoms with Gasteiger partial charge < -0.3 is 19.7 Å². The molecule has 1 unspecified atom stereocenters. The molecule has 1 atom stereocenters. The quantitative estimate of drug-likeness (QED) is 0.572. The molecule has 1 aliphatic heterocycles. The van der Waals surface area contributed by atoms with E-state index >= 15 is 0 Å². The first-order chi connectivity index (χ1) is 15.5. The molecule has 0 aliphatic carbocycles. The highest BCUT2D eigenvalue weighted by atomic mass is 32.1. The largest absolute Gasteiger partial charge is 0.573 e. The van der Waals surface area contributed by atoms with Crippen LogP contribution in [0, 0.1) is 0 Å². The molecule has 0 radical (unpaired) electrons. The Labute approximate surface area is 192 Å². The lowest BCUT2D eigenvalue weighted by molar-refractivity contribution is -0.274. The minimum atomic E-state index is -4.77. The summed E-state index contributed by atoms with van der Waals surface area (Å²) in [6, 6.07) is 5.62. The van der Waals surface area contributed by atoms with Crippen molar-refractivity contribution < 1.29 is 27.4 Å². The summed E-state index contributed by atoms with van der Waals surface area (Å²) in [5, 5.41) is 8.27. The van der Waals surface area contributed by atoms with Crippen molar-refractivity contribution in [3.05, 3.63) is 30.5 Å². The Hall–Kier alpha value is -3.02. The standard InChI is InChI=1S/C21H24F3N5O3S/c1-20(2,3)32-19(30)26-14-7-5-9-28(12-14)18-27-29-16(11-25-17(29)33-18)13-6-4-8-15(10-13)31-21(22,23)24/h4,6,8,10-11,14H,5,7,9,12H2,1-3H3,(H,26,30). The zero-order valence-corrected chi connectivity index (χ0v) is 19.2. The Morgan fingerprint density at radius 3 is 2.79 bits per heavy atom. The van der Waals surface area contributed by atoms with Crippen molar-refractivity contribution in [3.63, 3.8) is 0 Å². The zero-order valence-electron chi connectivity index (χ0n) is 18.3. The smallest absolute Gasteiger partial charge is 0.444 e. The first-order valence-corrected chi connectivity index (χ1v) is 11.2. The molecule has 33 heavy (non-hydrogen) atoms. The number of benzene rings is 1. The van der Waals surface area contributed by atoms with E-state index < -0.39 is 18.1 Å². The number of nitrogens with one attached hydrogen (secondary N) is 1. The Bertz CT molecular complexity index is 1140. The molecule has 0 spiro atoms. The molecule has 3 heterocycles. The summed E-state index contributed by atoms with van der Waals surface area (Å²) in [6.07, 6.45) is -1.96. The molecule has 1 saturated heterocycles. The van der Waals surface area contributed by atoms with Crippen LogP contribution in [0.15, 0.2) is 30.5 Å². The second kappa shape index (κ2) is 8.73. The van der Waals surface area contributed by atoms with Gasteiger partial charge in [-0.1, -0.05) is 23.5 Å². The van der Waals surface area contributed by atoms with Crippen LogP contribution in [0.2, 0.25) is 0 Å². The van der Waals surface area contributed by atoms with Crippen molar-refractivity contribution in [1.29, 1.82) is 0 Å². The molecule has 0 saturated carbocycles. The molecular formula is C21H24F3N5O3S. The summed E-state index contributed by atoms with van der Waals surface area (Å²) >= 11 is 1.38. The minimum absolute atomic E-state index is 0.0829. The Morgan fingerprint density at radius 2 is 2.06 bits per heavy atom. The number of piperidine rings is 1. The topological polar surface area (TPSA) is 81.0 Å². The lowest BCUT2D eigenvalue weighted by atomic mass is 10.1. The number of carbonyl (C=O) groups excluding carboxylic acids is 1. The second-order valence-corrected chi connectivity index (χ2v) is 9.66. The predicted molar refractivity (Wildman–Crippen MR) is 118 cm³/mol. The molecule has 2 aromatic heterocycles. The van der Waals surface area contributed by atoms with Crippen LogP contribution in [0.4, 0.5) is 23.1 Å². The molecule has 4 rings (SSSR count). The van der Waals surface area contributed by atoms with Crippen LogP contribution in [0.5, 0.6) is 5.75 Å². The number of hydrogen-bond donors (Lipinski definition) is 1. The number of imidazole rings is 1. The van der Waals surface area contributed by atoms with Crippen LogP contribution >= 0.6 is 11.3 Å². The molecule has 1 amide bonds. The van der Waals surface area contributed by atoms with Crippen molar-refractivity contribution in [2.75, 3.05) is 18.0 Å². The second-order valence-electron chi connectivity index (χ2n) is 8.73. The van der Waals surface area contributed by atoms with Gasteiger partial charge in [-0.2, -0.15) is 0 Å². The molecule has 1 aromatic carbocycles. The Morgan fingerprint density at radius 1 is 1.27 bits per heavy atom. The fourth-order valence-corrected chi connectivity index (χ4v) is 4.51. The SMILES string of the molecule is CC(C)(C)OC(=O)NC1CCCN(c2nn3c(-c4cccc(OC(F)(F)F)c4)cnc3s2)C1. The van der Waals surface area contributed by atoms with Crippen LogP contribution in [0.3, 0.4) is 0 Å². The van der Waals surface area contributed by atoms with E-state index in [-0.39, 0.29) is 11.8 Å². The number of carbonyl (C=O) groups is 1. The minimum Gasteiger partial charge on any atom is -0.444 e. The number of fused-ring (bicyclic) bond motifs is 1. The maximum atomic E-state index is 12.6. The van der Waals surface area contributed by atoms with Gasteiger partial charge in [-0.05, 0) is 45.7 Å². The lowest BCUT2D eigenvalue weighted by Crippen LogP contribution is -2.49. The maximum Gasteiger partial charge on any atom is 0.573 e. The Kier molecular flexibility index (Phi) is 6.12. The van der Waals surface area contributed by atoms with Gasteiger partial charge in [-0.3, -0.25) is 0 Å². The summed E-state index contributed by atoms with van der Waals surface area (Å²) < 4.78 is 48.7. The van der Waals surface area contributed by atoms with Crippen molar-refractivity contribution in [2.45, 2.75) is 51.6 Å². The van der Waals surface area contributed by atoms with Gasteiger partial charge in [0.1, 0.15) is 11.4 Å². The fourth-order valence-electron chi connectivity index (χ4n) is 3.60. The molecule has 0 bridgehead atoms. The number of rotatable bonds is 4. The monoisotopic (exact) mass is 483 g/mol. The van der Waals surface area contributed by atoms with Gasteiger partial charge in [0.05, 0.1) is 11.9 Å². The molecule has 1 N–H and O–H groups in total. The van der Waals surface area contributed by atoms with Gasteiger partial charge in [-0.15, -0.1) is 18.3 Å². The normalized spacial score (nSPS) is 17.3. The van der Waals surface area contributed by atoms with Gasteiger partial charge in [-0.25, -0.2) is 14.3 Å². The van der Waals surface area contributed by atoms with Gasteiger partial charge in [0.15, 0.2) is 0 Å². The van der Waals surface area contributed by atoms with E-state index in [2.05, 4.69) is 25.0 Å². The van der Waals surface area contributed by atoms with E-state index in [1.807, 2.05) is 20.8 Å². The molecule has 12 heteroatoms. The average Bonchev–Trinajstić information content (AvgIpc) is 3.26. The number of ether oxygens (including phenoxy) is 2. The van der Waals surface area contributed by atoms with Gasteiger partial charge in [0.2, 0.25) is 10.1 Å². The molecule has 8 nitrogen and oxygen atoms in total. The number of alkyl halides is 3. The third-order valence-corrected chi connectivity index (χ3v) is 5.83. The van der Waals surface area contributed by atoms with Gasteiger partial charge in [0, 0.05) is 24.7 Å². The first kappa shape index (κ1) is 23.1. The maximum absolute atomic E-state index is 12.6. The summed E-state index contributed by atoms with van der Waals surface area (Å²) in [5.41, 5.74) is 0.488. The lowest BCUT2D eigenvalue weighted by Gasteiger charge is -2.33. The summed E-state index contributed by atoms with van der Waals surface area (Å²) in [7, 11) is 0. The van der Waals surface area contributed by atoms with Crippen molar-refractivity contribution >= 4 is 27.5 Å². The number of halogens is 3. The van der Waals surface area contributed by atoms with E-state index in [1.165, 1.54) is 29.5 Å². The highest BCUT2D eigenvalue weighted by molar-refractivity contribution is 7.20. The number of aromatic nitrogens is 3. The van der Waals surface area contributed by atoms with Crippen LogP contribution in [0.25, 0.3) is 16.2 Å². The average molecular weight is 484 g/mol. The van der Waals surface area contributed by atoms with E-state index in [1.54, 1.807) is 16.8 Å². The molecule has 178 valence electrons. The van der Waals surface area contributed by atoms with E-state index in [9.17, 15) is 18.0 Å². The van der Waals surface area contributed by atoms with E-state index in [0.717, 1.165) is 24.5 Å². The van der Waals surface area contributed by atoms with Gasteiger partial charge in [0.25, 0.3) is 0 Å². The van der Waals surface area contributed by atoms with Crippen LogP contribution < -0.4 is 15.0 Å². The fraction of sp³-hybridized carbons (Fsp3) is 0.476. The number of alkyl carbamates (subject to hydrolysis) is 1. The summed E-state index contributed by atoms with van der Waals surface area (Å²) in [6.45, 7) is 6.78. The zero-order chi connectivity index (χ0) is 23.8. The van der Waals surface area contributed by atoms with E-state index in [0.29, 0.717) is 22.8 Å². The van der Waals surface area contributed by atoms with Crippen molar-refractivity contribution in [1.82, 2.24) is 19.9 Å². The van der Waals surface area contributed by atoms with E-state index in [4.69, 9.17) is 4.74 Å². The number of anilines is 1. The highest BCUT2D eigenvalue weighted by Gasteiger charge is 2.31. The van der Waals surface area contributed by atoms with Crippen molar-refractivity contribution in [2.24, 2.45) is 0 Å². The predicted octanol–water partition coefficient (Wildman–Crippen LogP) is 4.85.